The Hall–Kier alpha value is -0.410. The number of ketones is 1. The minimum Gasteiger partial charge on any atom is -0.376 e. The maximum absolute atomic E-state index is 10.5. The number of rotatable bonds is 4. The Kier molecular flexibility index (Phi) is 4.25. The molecule has 0 aliphatic carbocycles. The van der Waals surface area contributed by atoms with Crippen LogP contribution in [0.4, 0.5) is 0 Å². The summed E-state index contributed by atoms with van der Waals surface area (Å²) in [6.07, 6.45) is 3.66. The van der Waals surface area contributed by atoms with Crippen molar-refractivity contribution in [2.75, 3.05) is 19.8 Å². The predicted octanol–water partition coefficient (Wildman–Crippen LogP) is 1.16. The third kappa shape index (κ3) is 3.83. The number of Topliss-reactive ketones (excluding diaryl/α,β-unsaturated/α-hetero) is 1. The van der Waals surface area contributed by atoms with Crippen LogP contribution in [0, 0.1) is 0 Å². The van der Waals surface area contributed by atoms with E-state index < -0.39 is 0 Å². The van der Waals surface area contributed by atoms with Gasteiger partial charge in [0.1, 0.15) is 6.61 Å². The maximum Gasteiger partial charge on any atom is 0.155 e. The van der Waals surface area contributed by atoms with Crippen LogP contribution in [0.3, 0.4) is 0 Å². The van der Waals surface area contributed by atoms with Crippen LogP contribution in [-0.2, 0) is 14.3 Å². The fraction of sp³-hybridized carbons (Fsp3) is 0.889. The van der Waals surface area contributed by atoms with E-state index >= 15 is 0 Å². The van der Waals surface area contributed by atoms with Crippen molar-refractivity contribution in [3.63, 3.8) is 0 Å². The van der Waals surface area contributed by atoms with Gasteiger partial charge in [-0.1, -0.05) is 0 Å². The van der Waals surface area contributed by atoms with Gasteiger partial charge in [-0.2, -0.15) is 0 Å². The second kappa shape index (κ2) is 5.27. The Morgan fingerprint density at radius 2 is 2.42 bits per heavy atom. The normalized spacial score (nSPS) is 23.9. The van der Waals surface area contributed by atoms with E-state index in [-0.39, 0.29) is 18.5 Å². The van der Waals surface area contributed by atoms with Gasteiger partial charge in [-0.15, -0.1) is 0 Å². The third-order valence-electron chi connectivity index (χ3n) is 1.88. The quantitative estimate of drug-likeness (QED) is 0.638. The third-order valence-corrected chi connectivity index (χ3v) is 1.88. The molecule has 0 aromatic carbocycles. The van der Waals surface area contributed by atoms with Crippen molar-refractivity contribution in [2.45, 2.75) is 32.3 Å². The summed E-state index contributed by atoms with van der Waals surface area (Å²) in [6, 6.07) is 0. The van der Waals surface area contributed by atoms with Gasteiger partial charge in [-0.05, 0) is 26.2 Å². The van der Waals surface area contributed by atoms with Crippen LogP contribution in [0.5, 0.6) is 0 Å². The number of carbonyl (C=O) groups is 1. The molecule has 1 saturated heterocycles. The molecule has 0 bridgehead atoms. The van der Waals surface area contributed by atoms with Gasteiger partial charge in [0.15, 0.2) is 5.78 Å². The van der Waals surface area contributed by atoms with E-state index in [1.54, 1.807) is 0 Å². The van der Waals surface area contributed by atoms with Crippen LogP contribution < -0.4 is 0 Å². The van der Waals surface area contributed by atoms with Crippen molar-refractivity contribution >= 4 is 5.78 Å². The van der Waals surface area contributed by atoms with E-state index in [0.29, 0.717) is 6.61 Å². The molecule has 1 aliphatic heterocycles. The highest BCUT2D eigenvalue weighted by Crippen LogP contribution is 2.12. The molecule has 3 nitrogen and oxygen atoms in total. The second-order valence-electron chi connectivity index (χ2n) is 3.21. The maximum atomic E-state index is 10.5. The zero-order chi connectivity index (χ0) is 8.81. The second-order valence-corrected chi connectivity index (χ2v) is 3.21. The standard InChI is InChI=1S/C9H16O3/c1-8(10)6-11-7-9-4-2-3-5-12-9/h9H,2-7H2,1H3. The molecular formula is C9H16O3. The Balaban J connectivity index is 2.01. The Morgan fingerprint density at radius 1 is 1.58 bits per heavy atom. The van der Waals surface area contributed by atoms with Gasteiger partial charge in [0, 0.05) is 6.61 Å². The summed E-state index contributed by atoms with van der Waals surface area (Å²) in [6.45, 7) is 3.16. The lowest BCUT2D eigenvalue weighted by atomic mass is 10.1. The highest BCUT2D eigenvalue weighted by Gasteiger charge is 2.13. The van der Waals surface area contributed by atoms with Gasteiger partial charge in [0.25, 0.3) is 0 Å². The van der Waals surface area contributed by atoms with Crippen LogP contribution >= 0.6 is 0 Å². The molecule has 0 aromatic heterocycles. The van der Waals surface area contributed by atoms with Crippen molar-refractivity contribution in [3.8, 4) is 0 Å². The molecular weight excluding hydrogens is 156 g/mol. The van der Waals surface area contributed by atoms with Gasteiger partial charge in [-0.3, -0.25) is 4.79 Å². The Labute approximate surface area is 73.0 Å². The first-order valence-electron chi connectivity index (χ1n) is 4.48. The van der Waals surface area contributed by atoms with E-state index in [2.05, 4.69) is 0 Å². The molecule has 12 heavy (non-hydrogen) atoms. The Morgan fingerprint density at radius 3 is 3.00 bits per heavy atom. The van der Waals surface area contributed by atoms with Gasteiger partial charge in [0.2, 0.25) is 0 Å². The van der Waals surface area contributed by atoms with Crippen LogP contribution in [-0.4, -0.2) is 31.7 Å². The zero-order valence-corrected chi connectivity index (χ0v) is 7.54. The van der Waals surface area contributed by atoms with Crippen molar-refractivity contribution in [3.05, 3.63) is 0 Å². The lowest BCUT2D eigenvalue weighted by Crippen LogP contribution is -2.25. The summed E-state index contributed by atoms with van der Waals surface area (Å²) < 4.78 is 10.6. The first-order chi connectivity index (χ1) is 5.79. The van der Waals surface area contributed by atoms with Crippen LogP contribution in [0.1, 0.15) is 26.2 Å². The highest BCUT2D eigenvalue weighted by molar-refractivity contribution is 5.76. The molecule has 0 aromatic rings. The first kappa shape index (κ1) is 9.68. The van der Waals surface area contributed by atoms with Gasteiger partial charge < -0.3 is 9.47 Å². The van der Waals surface area contributed by atoms with Crippen molar-refractivity contribution in [1.82, 2.24) is 0 Å². The van der Waals surface area contributed by atoms with Gasteiger partial charge in [-0.25, -0.2) is 0 Å². The van der Waals surface area contributed by atoms with Gasteiger partial charge >= 0.3 is 0 Å². The molecule has 70 valence electrons. The summed E-state index contributed by atoms with van der Waals surface area (Å²) in [5.41, 5.74) is 0. The van der Waals surface area contributed by atoms with Gasteiger partial charge in [0.05, 0.1) is 12.7 Å². The average molecular weight is 172 g/mol. The van der Waals surface area contributed by atoms with Crippen LogP contribution in [0.15, 0.2) is 0 Å². The van der Waals surface area contributed by atoms with Crippen molar-refractivity contribution in [1.29, 1.82) is 0 Å². The topological polar surface area (TPSA) is 35.5 Å². The molecule has 0 N–H and O–H groups in total. The molecule has 0 amide bonds. The van der Waals surface area contributed by atoms with Crippen LogP contribution in [0.25, 0.3) is 0 Å². The molecule has 3 heteroatoms. The largest absolute Gasteiger partial charge is 0.376 e. The number of hydrogen-bond donors (Lipinski definition) is 0. The van der Waals surface area contributed by atoms with E-state index in [9.17, 15) is 4.79 Å². The lowest BCUT2D eigenvalue weighted by molar-refractivity contribution is -0.123. The number of carbonyl (C=O) groups excluding carboxylic acids is 1. The molecule has 1 atom stereocenters. The summed E-state index contributed by atoms with van der Waals surface area (Å²) in [7, 11) is 0. The fourth-order valence-electron chi connectivity index (χ4n) is 1.27. The van der Waals surface area contributed by atoms with E-state index in [0.717, 1.165) is 19.4 Å². The molecule has 0 saturated carbocycles. The Bertz CT molecular complexity index is 139. The first-order valence-corrected chi connectivity index (χ1v) is 4.48. The summed E-state index contributed by atoms with van der Waals surface area (Å²) in [4.78, 5) is 10.5. The van der Waals surface area contributed by atoms with E-state index in [4.69, 9.17) is 9.47 Å². The molecule has 0 spiro atoms. The lowest BCUT2D eigenvalue weighted by Gasteiger charge is -2.21. The smallest absolute Gasteiger partial charge is 0.155 e. The minimum absolute atomic E-state index is 0.0748. The molecule has 1 aliphatic rings. The molecule has 0 radical (unpaired) electrons. The molecule has 1 fully saturated rings. The van der Waals surface area contributed by atoms with E-state index in [1.165, 1.54) is 13.3 Å². The highest BCUT2D eigenvalue weighted by atomic mass is 16.5. The fourth-order valence-corrected chi connectivity index (χ4v) is 1.27. The summed E-state index contributed by atoms with van der Waals surface area (Å²) in [5, 5.41) is 0. The summed E-state index contributed by atoms with van der Waals surface area (Å²) in [5.74, 6) is 0.0748. The number of ether oxygens (including phenoxy) is 2. The SMILES string of the molecule is CC(=O)COCC1CCCCO1. The molecule has 1 heterocycles. The number of hydrogen-bond acceptors (Lipinski definition) is 3. The van der Waals surface area contributed by atoms with Crippen molar-refractivity contribution in [2.24, 2.45) is 0 Å². The zero-order valence-electron chi connectivity index (χ0n) is 7.54. The predicted molar refractivity (Wildman–Crippen MR) is 45.1 cm³/mol. The summed E-state index contributed by atoms with van der Waals surface area (Å²) >= 11 is 0. The molecule has 1 unspecified atom stereocenters. The minimum atomic E-state index is 0.0748. The van der Waals surface area contributed by atoms with Crippen molar-refractivity contribution < 1.29 is 14.3 Å². The van der Waals surface area contributed by atoms with E-state index in [1.807, 2.05) is 0 Å². The van der Waals surface area contributed by atoms with Crippen LogP contribution in [0.2, 0.25) is 0 Å². The molecule has 1 rings (SSSR count). The monoisotopic (exact) mass is 172 g/mol. The average Bonchev–Trinajstić information content (AvgIpc) is 2.05.